The van der Waals surface area contributed by atoms with E-state index in [0.717, 1.165) is 10.7 Å². The van der Waals surface area contributed by atoms with Crippen molar-refractivity contribution < 1.29 is 14.0 Å². The molecule has 7 nitrogen and oxygen atoms in total. The molecule has 1 heterocycles. The summed E-state index contributed by atoms with van der Waals surface area (Å²) in [5.41, 5.74) is 9.81. The molecule has 0 saturated heterocycles. The van der Waals surface area contributed by atoms with Gasteiger partial charge in [-0.2, -0.15) is 5.10 Å². The lowest BCUT2D eigenvalue weighted by Gasteiger charge is -2.03. The number of halogens is 2. The zero-order chi connectivity index (χ0) is 14.9. The molecule has 1 aromatic heterocycles. The molecule has 0 radical (unpaired) electrons. The maximum atomic E-state index is 13.7. The van der Waals surface area contributed by atoms with E-state index < -0.39 is 17.8 Å². The Hall–Kier alpha value is -2.61. The zero-order valence-electron chi connectivity index (χ0n) is 9.93. The van der Waals surface area contributed by atoms with Gasteiger partial charge in [0.15, 0.2) is 5.69 Å². The van der Waals surface area contributed by atoms with E-state index in [1.807, 2.05) is 0 Å². The highest BCUT2D eigenvalue weighted by atomic mass is 35.5. The van der Waals surface area contributed by atoms with Crippen molar-refractivity contribution in [1.29, 1.82) is 0 Å². The first kappa shape index (κ1) is 13.8. The lowest BCUT2D eigenvalue weighted by molar-refractivity contribution is 0.0996. The van der Waals surface area contributed by atoms with Gasteiger partial charge in [0.05, 0.1) is 11.9 Å². The minimum atomic E-state index is -0.904. The SMILES string of the molecule is NC(=O)Nc1cn(-c2cc(Cl)ccc2F)nc1C(N)=O. The van der Waals surface area contributed by atoms with Crippen LogP contribution in [-0.2, 0) is 0 Å². The Morgan fingerprint density at radius 2 is 2.05 bits per heavy atom. The number of primary amides is 2. The average molecular weight is 298 g/mol. The third kappa shape index (κ3) is 2.69. The minimum Gasteiger partial charge on any atom is -0.364 e. The summed E-state index contributed by atoms with van der Waals surface area (Å²) in [6.45, 7) is 0. The average Bonchev–Trinajstić information content (AvgIpc) is 2.75. The van der Waals surface area contributed by atoms with Gasteiger partial charge >= 0.3 is 6.03 Å². The highest BCUT2D eigenvalue weighted by molar-refractivity contribution is 6.30. The summed E-state index contributed by atoms with van der Waals surface area (Å²) in [5.74, 6) is -1.51. The number of benzene rings is 1. The normalized spacial score (nSPS) is 10.3. The Morgan fingerprint density at radius 1 is 1.35 bits per heavy atom. The molecular formula is C11H9ClFN5O2. The van der Waals surface area contributed by atoms with E-state index in [1.54, 1.807) is 0 Å². The third-order valence-corrected chi connectivity index (χ3v) is 2.60. The second-order valence-electron chi connectivity index (χ2n) is 3.79. The molecule has 9 heteroatoms. The molecule has 0 unspecified atom stereocenters. The van der Waals surface area contributed by atoms with Gasteiger partial charge in [-0.25, -0.2) is 13.9 Å². The van der Waals surface area contributed by atoms with Crippen LogP contribution >= 0.6 is 11.6 Å². The molecule has 0 fully saturated rings. The molecular weight excluding hydrogens is 289 g/mol. The van der Waals surface area contributed by atoms with Crippen molar-refractivity contribution >= 4 is 29.2 Å². The first-order chi connectivity index (χ1) is 9.38. The van der Waals surface area contributed by atoms with Crippen LogP contribution in [0.4, 0.5) is 14.9 Å². The van der Waals surface area contributed by atoms with Gasteiger partial charge in [0.2, 0.25) is 0 Å². The first-order valence-electron chi connectivity index (χ1n) is 5.30. The lowest BCUT2D eigenvalue weighted by Crippen LogP contribution is -2.22. The van der Waals surface area contributed by atoms with E-state index in [2.05, 4.69) is 10.4 Å². The van der Waals surface area contributed by atoms with Gasteiger partial charge < -0.3 is 16.8 Å². The van der Waals surface area contributed by atoms with Crippen LogP contribution < -0.4 is 16.8 Å². The number of carbonyl (C=O) groups excluding carboxylic acids is 2. The molecule has 0 aliphatic heterocycles. The fraction of sp³-hybridized carbons (Fsp3) is 0. The molecule has 0 atom stereocenters. The summed E-state index contributed by atoms with van der Waals surface area (Å²) in [7, 11) is 0. The number of nitrogens with one attached hydrogen (secondary N) is 1. The van der Waals surface area contributed by atoms with Crippen LogP contribution in [0.2, 0.25) is 5.02 Å². The van der Waals surface area contributed by atoms with Crippen LogP contribution in [0.1, 0.15) is 10.5 Å². The molecule has 0 saturated carbocycles. The summed E-state index contributed by atoms with van der Waals surface area (Å²) >= 11 is 5.77. The summed E-state index contributed by atoms with van der Waals surface area (Å²) in [6.07, 6.45) is 1.21. The molecule has 3 amide bonds. The maximum Gasteiger partial charge on any atom is 0.316 e. The fourth-order valence-corrected chi connectivity index (χ4v) is 1.73. The van der Waals surface area contributed by atoms with Crippen molar-refractivity contribution in [2.75, 3.05) is 5.32 Å². The molecule has 0 aliphatic rings. The quantitative estimate of drug-likeness (QED) is 0.791. The monoisotopic (exact) mass is 297 g/mol. The second kappa shape index (κ2) is 5.17. The molecule has 1 aromatic carbocycles. The summed E-state index contributed by atoms with van der Waals surface area (Å²) in [5, 5.41) is 6.27. The summed E-state index contributed by atoms with van der Waals surface area (Å²) in [6, 6.07) is 2.91. The van der Waals surface area contributed by atoms with Crippen LogP contribution in [0.25, 0.3) is 5.69 Å². The van der Waals surface area contributed by atoms with E-state index in [4.69, 9.17) is 23.1 Å². The van der Waals surface area contributed by atoms with Gasteiger partial charge in [0, 0.05) is 5.02 Å². The van der Waals surface area contributed by atoms with E-state index in [1.165, 1.54) is 18.3 Å². The Labute approximate surface area is 117 Å². The molecule has 2 aromatic rings. The maximum absolute atomic E-state index is 13.7. The number of amides is 3. The molecule has 2 rings (SSSR count). The topological polar surface area (TPSA) is 116 Å². The van der Waals surface area contributed by atoms with Gasteiger partial charge in [0.25, 0.3) is 5.91 Å². The van der Waals surface area contributed by atoms with Gasteiger partial charge in [-0.3, -0.25) is 4.79 Å². The van der Waals surface area contributed by atoms with Gasteiger partial charge in [-0.1, -0.05) is 11.6 Å². The number of hydrogen-bond donors (Lipinski definition) is 3. The molecule has 0 bridgehead atoms. The molecule has 104 valence electrons. The van der Waals surface area contributed by atoms with Crippen LogP contribution in [-0.4, -0.2) is 21.7 Å². The number of nitrogens with zero attached hydrogens (tertiary/aromatic N) is 2. The number of anilines is 1. The highest BCUT2D eigenvalue weighted by Gasteiger charge is 2.17. The van der Waals surface area contributed by atoms with Gasteiger partial charge in [0.1, 0.15) is 11.5 Å². The fourth-order valence-electron chi connectivity index (χ4n) is 1.56. The van der Waals surface area contributed by atoms with Crippen molar-refractivity contribution in [1.82, 2.24) is 9.78 Å². The Balaban J connectivity index is 2.55. The summed E-state index contributed by atoms with van der Waals surface area (Å²) < 4.78 is 14.7. The predicted octanol–water partition coefficient (Wildman–Crippen LogP) is 1.25. The molecule has 20 heavy (non-hydrogen) atoms. The third-order valence-electron chi connectivity index (χ3n) is 2.36. The van der Waals surface area contributed by atoms with Crippen molar-refractivity contribution in [2.45, 2.75) is 0 Å². The van der Waals surface area contributed by atoms with Crippen LogP contribution in [0.5, 0.6) is 0 Å². The van der Waals surface area contributed by atoms with E-state index in [9.17, 15) is 14.0 Å². The minimum absolute atomic E-state index is 0.00230. The predicted molar refractivity (Wildman–Crippen MR) is 70.3 cm³/mol. The number of carbonyl (C=O) groups is 2. The van der Waals surface area contributed by atoms with Crippen LogP contribution in [0.15, 0.2) is 24.4 Å². The Bertz CT molecular complexity index is 700. The number of rotatable bonds is 3. The number of urea groups is 1. The Kier molecular flexibility index (Phi) is 3.57. The summed E-state index contributed by atoms with van der Waals surface area (Å²) in [4.78, 5) is 22.1. The number of hydrogen-bond acceptors (Lipinski definition) is 3. The van der Waals surface area contributed by atoms with Crippen molar-refractivity contribution in [3.8, 4) is 5.69 Å². The molecule has 5 N–H and O–H groups in total. The van der Waals surface area contributed by atoms with Gasteiger partial charge in [-0.15, -0.1) is 0 Å². The zero-order valence-corrected chi connectivity index (χ0v) is 10.7. The standard InChI is InChI=1S/C11H9ClFN5O2/c12-5-1-2-6(13)8(3-5)18-4-7(16-11(15)20)9(17-18)10(14)19/h1-4H,(H2,14,19)(H3,15,16,20). The van der Waals surface area contributed by atoms with E-state index >= 15 is 0 Å². The van der Waals surface area contributed by atoms with Crippen LogP contribution in [0.3, 0.4) is 0 Å². The molecule has 0 aliphatic carbocycles. The van der Waals surface area contributed by atoms with E-state index in [0.29, 0.717) is 0 Å². The number of aromatic nitrogens is 2. The smallest absolute Gasteiger partial charge is 0.316 e. The van der Waals surface area contributed by atoms with Crippen molar-refractivity contribution in [3.05, 3.63) is 40.9 Å². The van der Waals surface area contributed by atoms with Crippen molar-refractivity contribution in [3.63, 3.8) is 0 Å². The first-order valence-corrected chi connectivity index (χ1v) is 5.67. The second-order valence-corrected chi connectivity index (χ2v) is 4.22. The van der Waals surface area contributed by atoms with E-state index in [-0.39, 0.29) is 22.1 Å². The Morgan fingerprint density at radius 3 is 2.65 bits per heavy atom. The lowest BCUT2D eigenvalue weighted by atomic mass is 10.3. The van der Waals surface area contributed by atoms with Gasteiger partial charge in [-0.05, 0) is 18.2 Å². The number of nitrogens with two attached hydrogens (primary N) is 2. The highest BCUT2D eigenvalue weighted by Crippen LogP contribution is 2.22. The largest absolute Gasteiger partial charge is 0.364 e. The van der Waals surface area contributed by atoms with Crippen LogP contribution in [0, 0.1) is 5.82 Å². The molecule has 0 spiro atoms. The van der Waals surface area contributed by atoms with Crippen molar-refractivity contribution in [2.24, 2.45) is 11.5 Å².